The van der Waals surface area contributed by atoms with Gasteiger partial charge in [0.2, 0.25) is 0 Å². The highest BCUT2D eigenvalue weighted by molar-refractivity contribution is 5.80. The van der Waals surface area contributed by atoms with Gasteiger partial charge < -0.3 is 11.1 Å². The molecule has 3 heteroatoms. The van der Waals surface area contributed by atoms with Crippen molar-refractivity contribution in [2.75, 3.05) is 18.4 Å². The summed E-state index contributed by atoms with van der Waals surface area (Å²) in [5.74, 6) is 0.888. The summed E-state index contributed by atoms with van der Waals surface area (Å²) in [6.45, 7) is 3.44. The topological polar surface area (TPSA) is 50.9 Å². The molecule has 0 atom stereocenters. The summed E-state index contributed by atoms with van der Waals surface area (Å²) in [6, 6.07) is 10.3. The lowest BCUT2D eigenvalue weighted by Crippen LogP contribution is -2.13. The number of aromatic nitrogens is 1. The third-order valence-electron chi connectivity index (χ3n) is 2.30. The lowest BCUT2D eigenvalue weighted by atomic mass is 10.1. The van der Waals surface area contributed by atoms with Crippen molar-refractivity contribution < 1.29 is 0 Å². The Labute approximate surface area is 89.3 Å². The second kappa shape index (κ2) is 4.28. The maximum Gasteiger partial charge on any atom is 0.126 e. The van der Waals surface area contributed by atoms with Crippen molar-refractivity contribution in [3.8, 4) is 0 Å². The van der Waals surface area contributed by atoms with E-state index >= 15 is 0 Å². The SMILES string of the molecule is Cc1ccc2ccc(NCCN)nc2c1. The van der Waals surface area contributed by atoms with Crippen molar-refractivity contribution in [2.45, 2.75) is 6.92 Å². The Bertz CT molecular complexity index is 465. The predicted molar refractivity (Wildman–Crippen MR) is 64.0 cm³/mol. The molecule has 0 radical (unpaired) electrons. The van der Waals surface area contributed by atoms with Crippen LogP contribution in [-0.2, 0) is 0 Å². The van der Waals surface area contributed by atoms with Crippen molar-refractivity contribution in [3.63, 3.8) is 0 Å². The fourth-order valence-electron chi connectivity index (χ4n) is 1.53. The summed E-state index contributed by atoms with van der Waals surface area (Å²) in [7, 11) is 0. The van der Waals surface area contributed by atoms with Crippen LogP contribution in [0.4, 0.5) is 5.82 Å². The van der Waals surface area contributed by atoms with E-state index in [4.69, 9.17) is 5.73 Å². The van der Waals surface area contributed by atoms with Crippen molar-refractivity contribution in [1.29, 1.82) is 0 Å². The van der Waals surface area contributed by atoms with E-state index in [1.807, 2.05) is 6.07 Å². The molecule has 3 nitrogen and oxygen atoms in total. The Morgan fingerprint density at radius 1 is 1.27 bits per heavy atom. The average Bonchev–Trinajstić information content (AvgIpc) is 2.25. The molecule has 1 aromatic carbocycles. The number of nitrogens with two attached hydrogens (primary N) is 1. The van der Waals surface area contributed by atoms with Gasteiger partial charge in [-0.1, -0.05) is 12.1 Å². The molecular weight excluding hydrogens is 186 g/mol. The first kappa shape index (κ1) is 9.93. The highest BCUT2D eigenvalue weighted by Crippen LogP contribution is 2.16. The third kappa shape index (κ3) is 2.25. The zero-order valence-electron chi connectivity index (χ0n) is 8.83. The summed E-state index contributed by atoms with van der Waals surface area (Å²) in [6.07, 6.45) is 0. The zero-order valence-corrected chi connectivity index (χ0v) is 8.83. The minimum absolute atomic E-state index is 0.619. The van der Waals surface area contributed by atoms with Crippen molar-refractivity contribution in [2.24, 2.45) is 5.73 Å². The van der Waals surface area contributed by atoms with Gasteiger partial charge in [0.15, 0.2) is 0 Å². The Kier molecular flexibility index (Phi) is 2.83. The molecule has 0 spiro atoms. The van der Waals surface area contributed by atoms with Crippen LogP contribution in [-0.4, -0.2) is 18.1 Å². The van der Waals surface area contributed by atoms with Gasteiger partial charge in [-0.3, -0.25) is 0 Å². The molecule has 3 N–H and O–H groups in total. The van der Waals surface area contributed by atoms with Crippen molar-refractivity contribution >= 4 is 16.7 Å². The molecule has 0 bridgehead atoms. The molecule has 0 aliphatic rings. The standard InChI is InChI=1S/C12H15N3/c1-9-2-3-10-4-5-12(14-7-6-13)15-11(10)8-9/h2-5,8H,6-7,13H2,1H3,(H,14,15). The quantitative estimate of drug-likeness (QED) is 0.797. The number of benzene rings is 1. The average molecular weight is 201 g/mol. The van der Waals surface area contributed by atoms with Crippen LogP contribution in [0, 0.1) is 6.92 Å². The molecular formula is C12H15N3. The maximum absolute atomic E-state index is 5.42. The first-order valence-corrected chi connectivity index (χ1v) is 5.11. The van der Waals surface area contributed by atoms with Crippen LogP contribution in [0.1, 0.15) is 5.56 Å². The number of nitrogens with zero attached hydrogens (tertiary/aromatic N) is 1. The largest absolute Gasteiger partial charge is 0.369 e. The van der Waals surface area contributed by atoms with Crippen LogP contribution in [0.15, 0.2) is 30.3 Å². The molecule has 15 heavy (non-hydrogen) atoms. The number of nitrogens with one attached hydrogen (secondary N) is 1. The van der Waals surface area contributed by atoms with Gasteiger partial charge in [0, 0.05) is 18.5 Å². The summed E-state index contributed by atoms with van der Waals surface area (Å²) in [5, 5.41) is 4.34. The van der Waals surface area contributed by atoms with E-state index in [1.165, 1.54) is 10.9 Å². The summed E-state index contributed by atoms with van der Waals surface area (Å²) in [5.41, 5.74) is 7.68. The number of rotatable bonds is 3. The van der Waals surface area contributed by atoms with Gasteiger partial charge in [0.05, 0.1) is 5.52 Å². The number of hydrogen-bond acceptors (Lipinski definition) is 3. The van der Waals surface area contributed by atoms with E-state index in [2.05, 4.69) is 41.5 Å². The minimum atomic E-state index is 0.619. The minimum Gasteiger partial charge on any atom is -0.369 e. The molecule has 0 amide bonds. The summed E-state index contributed by atoms with van der Waals surface area (Å²) >= 11 is 0. The van der Waals surface area contributed by atoms with Crippen molar-refractivity contribution in [1.82, 2.24) is 4.98 Å². The molecule has 0 aliphatic heterocycles. The smallest absolute Gasteiger partial charge is 0.126 e. The number of pyridine rings is 1. The van der Waals surface area contributed by atoms with Crippen molar-refractivity contribution in [3.05, 3.63) is 35.9 Å². The highest BCUT2D eigenvalue weighted by atomic mass is 15.0. The monoisotopic (exact) mass is 201 g/mol. The molecule has 2 aromatic rings. The Hall–Kier alpha value is -1.61. The van der Waals surface area contributed by atoms with Crippen LogP contribution >= 0.6 is 0 Å². The normalized spacial score (nSPS) is 10.5. The number of aryl methyl sites for hydroxylation is 1. The first-order chi connectivity index (χ1) is 7.29. The van der Waals surface area contributed by atoms with Crippen LogP contribution in [0.3, 0.4) is 0 Å². The lowest BCUT2D eigenvalue weighted by molar-refractivity contribution is 1.01. The van der Waals surface area contributed by atoms with Crippen LogP contribution < -0.4 is 11.1 Å². The van der Waals surface area contributed by atoms with Gasteiger partial charge in [-0.15, -0.1) is 0 Å². The molecule has 0 fully saturated rings. The summed E-state index contributed by atoms with van der Waals surface area (Å²) < 4.78 is 0. The van der Waals surface area contributed by atoms with Crippen LogP contribution in [0.5, 0.6) is 0 Å². The summed E-state index contributed by atoms with van der Waals surface area (Å²) in [4.78, 5) is 4.51. The van der Waals surface area contributed by atoms with E-state index < -0.39 is 0 Å². The first-order valence-electron chi connectivity index (χ1n) is 5.11. The predicted octanol–water partition coefficient (Wildman–Crippen LogP) is 1.91. The van der Waals surface area contributed by atoms with Crippen LogP contribution in [0.25, 0.3) is 10.9 Å². The number of anilines is 1. The molecule has 1 heterocycles. The molecule has 1 aromatic heterocycles. The third-order valence-corrected chi connectivity index (χ3v) is 2.30. The van der Waals surface area contributed by atoms with E-state index in [-0.39, 0.29) is 0 Å². The maximum atomic E-state index is 5.42. The van der Waals surface area contributed by atoms with E-state index in [9.17, 15) is 0 Å². The molecule has 2 rings (SSSR count). The van der Waals surface area contributed by atoms with Gasteiger partial charge in [-0.2, -0.15) is 0 Å². The molecule has 0 saturated carbocycles. The lowest BCUT2D eigenvalue weighted by Gasteiger charge is -2.05. The van der Waals surface area contributed by atoms with E-state index in [0.29, 0.717) is 6.54 Å². The van der Waals surface area contributed by atoms with Gasteiger partial charge in [0.1, 0.15) is 5.82 Å². The van der Waals surface area contributed by atoms with Gasteiger partial charge in [-0.25, -0.2) is 4.98 Å². The second-order valence-corrected chi connectivity index (χ2v) is 3.61. The van der Waals surface area contributed by atoms with Crippen LogP contribution in [0.2, 0.25) is 0 Å². The van der Waals surface area contributed by atoms with E-state index in [1.54, 1.807) is 0 Å². The Morgan fingerprint density at radius 3 is 2.87 bits per heavy atom. The zero-order chi connectivity index (χ0) is 10.7. The van der Waals surface area contributed by atoms with Gasteiger partial charge in [-0.05, 0) is 30.7 Å². The fraction of sp³-hybridized carbons (Fsp3) is 0.250. The van der Waals surface area contributed by atoms with E-state index in [0.717, 1.165) is 17.9 Å². The van der Waals surface area contributed by atoms with Gasteiger partial charge >= 0.3 is 0 Å². The second-order valence-electron chi connectivity index (χ2n) is 3.61. The number of fused-ring (bicyclic) bond motifs is 1. The molecule has 0 aliphatic carbocycles. The Balaban J connectivity index is 2.36. The highest BCUT2D eigenvalue weighted by Gasteiger charge is 1.97. The number of hydrogen-bond donors (Lipinski definition) is 2. The fourth-order valence-corrected chi connectivity index (χ4v) is 1.53. The Morgan fingerprint density at radius 2 is 2.07 bits per heavy atom. The molecule has 78 valence electrons. The molecule has 0 unspecified atom stereocenters. The van der Waals surface area contributed by atoms with Gasteiger partial charge in [0.25, 0.3) is 0 Å². The molecule has 0 saturated heterocycles.